The van der Waals surface area contributed by atoms with Gasteiger partial charge in [0, 0.05) is 4.91 Å². The summed E-state index contributed by atoms with van der Waals surface area (Å²) < 4.78 is 46.1. The van der Waals surface area contributed by atoms with Gasteiger partial charge in [-0.1, -0.05) is 4.98 Å². The molecule has 2 aromatic heterocycles. The van der Waals surface area contributed by atoms with Crippen molar-refractivity contribution >= 4 is 50.3 Å². The molecule has 0 spiro atoms. The van der Waals surface area contributed by atoms with Gasteiger partial charge in [0.2, 0.25) is 17.9 Å². The Morgan fingerprint density at radius 2 is 1.82 bits per heavy atom. The van der Waals surface area contributed by atoms with Gasteiger partial charge >= 0.3 is 15.6 Å². The van der Waals surface area contributed by atoms with E-state index in [4.69, 9.17) is 20.5 Å². The number of anilines is 1. The number of aliphatic hydroxyl groups is 4. The van der Waals surface area contributed by atoms with Crippen molar-refractivity contribution in [2.75, 3.05) is 18.9 Å². The van der Waals surface area contributed by atoms with E-state index in [0.29, 0.717) is 0 Å². The number of phosphoric ester groups is 2. The largest absolute Gasteiger partial charge is 0.481 e. The van der Waals surface area contributed by atoms with Crippen LogP contribution in [0.1, 0.15) is 11.6 Å². The van der Waals surface area contributed by atoms with Crippen LogP contribution < -0.4 is 10.3 Å². The fourth-order valence-electron chi connectivity index (χ4n) is 4.25. The minimum atomic E-state index is -5.29. The first-order valence-electron chi connectivity index (χ1n) is 10.7. The molecule has 8 bridgehead atoms. The third-order valence-corrected chi connectivity index (χ3v) is 10.2. The lowest BCUT2D eigenvalue weighted by atomic mass is 10.1. The Labute approximate surface area is 215 Å². The maximum atomic E-state index is 12.3. The van der Waals surface area contributed by atoms with Crippen LogP contribution >= 0.6 is 27.4 Å². The van der Waals surface area contributed by atoms with E-state index in [1.165, 1.54) is 10.9 Å². The normalized spacial score (nSPS) is 41.7. The smallest absolute Gasteiger partial charge is 0.389 e. The number of hydrogen-bond donors (Lipinski definition) is 7. The number of aromatic nitrogens is 4. The van der Waals surface area contributed by atoms with Crippen molar-refractivity contribution in [2.45, 2.75) is 47.4 Å². The number of aliphatic hydroxyl groups excluding tert-OH is 4. The van der Waals surface area contributed by atoms with Crippen LogP contribution in [0.5, 0.6) is 0 Å². The topological polar surface area (TPSA) is 302 Å². The zero-order valence-electron chi connectivity index (χ0n) is 18.8. The molecule has 0 aromatic carbocycles. The van der Waals surface area contributed by atoms with Gasteiger partial charge in [-0.2, -0.15) is 4.31 Å². The van der Waals surface area contributed by atoms with Crippen molar-refractivity contribution in [1.29, 1.82) is 0 Å². The van der Waals surface area contributed by atoms with E-state index in [1.807, 2.05) is 0 Å². The Hall–Kier alpha value is -1.93. The molecule has 0 saturated carbocycles. The predicted molar refractivity (Wildman–Crippen MR) is 122 cm³/mol. The molecular weight excluding hydrogens is 578 g/mol. The Bertz CT molecular complexity index is 1410. The number of nitrogens with zero attached hydrogens (tertiary/aromatic N) is 7. The molecule has 6 heterocycles. The predicted octanol–water partition coefficient (Wildman–Crippen LogP) is -1.54. The van der Waals surface area contributed by atoms with Gasteiger partial charge < -0.3 is 40.7 Å². The fourth-order valence-corrected chi connectivity index (χ4v) is 7.90. The summed E-state index contributed by atoms with van der Waals surface area (Å²) in [7, 11) is -10.5. The first kappa shape index (κ1) is 27.6. The van der Waals surface area contributed by atoms with Gasteiger partial charge in [0.15, 0.2) is 17.1 Å². The Morgan fingerprint density at radius 3 is 2.50 bits per heavy atom. The van der Waals surface area contributed by atoms with Gasteiger partial charge in [-0.25, -0.2) is 18.7 Å². The Morgan fingerprint density at radius 1 is 1.13 bits per heavy atom. The van der Waals surface area contributed by atoms with Crippen LogP contribution in [-0.4, -0.2) is 93.7 Å². The van der Waals surface area contributed by atoms with E-state index in [9.17, 15) is 39.3 Å². The monoisotopic (exact) mass is 599 g/mol. The number of nitrogen functional groups attached to an aromatic ring is 1. The molecule has 208 valence electrons. The first-order valence-corrected chi connectivity index (χ1v) is 14.6. The molecule has 4 aliphatic heterocycles. The Kier molecular flexibility index (Phi) is 7.21. The maximum absolute atomic E-state index is 12.3. The van der Waals surface area contributed by atoms with Crippen molar-refractivity contribution in [1.82, 2.24) is 14.5 Å². The molecule has 20 nitrogen and oxygen atoms in total. The molecule has 2 unspecified atom stereocenters. The van der Waals surface area contributed by atoms with Crippen LogP contribution in [0, 0.1) is 0 Å². The number of phosphoric acid groups is 2. The molecule has 4 aliphatic rings. The molecule has 8 N–H and O–H groups in total. The van der Waals surface area contributed by atoms with E-state index < -0.39 is 76.2 Å². The number of hydrogen-bond acceptors (Lipinski definition) is 15. The van der Waals surface area contributed by atoms with Crippen molar-refractivity contribution in [3.63, 3.8) is 0 Å². The van der Waals surface area contributed by atoms with Gasteiger partial charge in [0.25, 0.3) is 5.82 Å². The van der Waals surface area contributed by atoms with Crippen molar-refractivity contribution < 1.29 is 62.0 Å². The Balaban J connectivity index is 1.64. The van der Waals surface area contributed by atoms with Gasteiger partial charge in [0.05, 0.1) is 24.6 Å². The summed E-state index contributed by atoms with van der Waals surface area (Å²) >= 11 is 0.875. The van der Waals surface area contributed by atoms with Crippen molar-refractivity contribution in [3.05, 3.63) is 16.8 Å². The summed E-state index contributed by atoms with van der Waals surface area (Å²) in [6, 6.07) is 0. The van der Waals surface area contributed by atoms with Crippen LogP contribution in [0.15, 0.2) is 11.4 Å². The summed E-state index contributed by atoms with van der Waals surface area (Å²) in [5.41, 5.74) is 15.2. The quantitative estimate of drug-likeness (QED) is 0.0642. The lowest BCUT2D eigenvalue weighted by Gasteiger charge is -2.20. The highest BCUT2D eigenvalue weighted by molar-refractivity contribution is 8.00. The van der Waals surface area contributed by atoms with E-state index >= 15 is 0 Å². The standard InChI is InChI=1S/C15H20N8O12P2S/c16-11-6-12-18-3-22(11)14-10(27)8(25)5(38-14)2-33-37(30,31)35-36(28,29)32-1-4-7(24)9(26)13(34-4)23(12)15(19-6)20-21-17/h3-5,7-10,13-14,16,24-27H,1-2H2,(H2,28,29,30,31)/p+1/t4-,5-,7-,8-,9-,10-,13-,14-/m1/s1. The molecule has 2 saturated heterocycles. The summed E-state index contributed by atoms with van der Waals surface area (Å²) in [5, 5.41) is 43.7. The summed E-state index contributed by atoms with van der Waals surface area (Å²) in [6.45, 7) is -1.62. The highest BCUT2D eigenvalue weighted by atomic mass is 32.2. The fraction of sp³-hybridized carbons (Fsp3) is 0.667. The van der Waals surface area contributed by atoms with Crippen LogP contribution in [0.4, 0.5) is 11.8 Å². The van der Waals surface area contributed by atoms with Crippen LogP contribution in [0.2, 0.25) is 0 Å². The molecule has 38 heavy (non-hydrogen) atoms. The summed E-state index contributed by atoms with van der Waals surface area (Å²) in [4.78, 5) is 30.9. The number of rotatable bonds is 1. The van der Waals surface area contributed by atoms with E-state index in [1.54, 1.807) is 0 Å². The number of thioether (sulfide) groups is 1. The molecule has 2 aromatic rings. The van der Waals surface area contributed by atoms with E-state index in [2.05, 4.69) is 28.8 Å². The summed E-state index contributed by atoms with van der Waals surface area (Å²) in [6.07, 6.45) is -8.31. The third kappa shape index (κ3) is 4.80. The SMILES string of the molecule is [N-]=[N+]=Nc1nc2c(N)[n+]3cnc2n1[C@@H]1O[C@H](COP(=O)(O)OP(=O)(O)OC[C@H]2S[C@@H]3[C@H](O)[C@@H]2O)[C@@H](O)[C@H]1O. The van der Waals surface area contributed by atoms with Gasteiger partial charge in [-0.05, 0) is 10.6 Å². The molecule has 0 radical (unpaired) electrons. The molecule has 6 rings (SSSR count). The number of ether oxygens (including phenoxy) is 1. The average Bonchev–Trinajstić information content (AvgIpc) is 3.44. The number of azide groups is 1. The lowest BCUT2D eigenvalue weighted by molar-refractivity contribution is -0.694. The zero-order chi connectivity index (χ0) is 27.6. The van der Waals surface area contributed by atoms with E-state index in [-0.39, 0.29) is 22.9 Å². The van der Waals surface area contributed by atoms with Gasteiger partial charge in [-0.3, -0.25) is 13.6 Å². The average molecular weight is 599 g/mol. The van der Waals surface area contributed by atoms with Crippen molar-refractivity contribution in [3.8, 4) is 0 Å². The third-order valence-electron chi connectivity index (χ3n) is 6.04. The minimum Gasteiger partial charge on any atom is -0.389 e. The summed E-state index contributed by atoms with van der Waals surface area (Å²) in [5.74, 6) is -0.488. The zero-order valence-corrected chi connectivity index (χ0v) is 21.4. The van der Waals surface area contributed by atoms with Crippen molar-refractivity contribution in [2.24, 2.45) is 5.11 Å². The molecular formula is C15H21N8O12P2S+. The van der Waals surface area contributed by atoms with Crippen LogP contribution in [-0.2, 0) is 27.2 Å². The highest BCUT2D eigenvalue weighted by Gasteiger charge is 2.50. The molecule has 10 atom stereocenters. The molecule has 0 amide bonds. The maximum Gasteiger partial charge on any atom is 0.481 e. The second-order valence-corrected chi connectivity index (χ2v) is 12.8. The number of fused-ring (bicyclic) bond motifs is 7. The van der Waals surface area contributed by atoms with Gasteiger partial charge in [-0.15, -0.1) is 11.8 Å². The number of nitrogens with two attached hydrogens (primary N) is 1. The molecule has 23 heteroatoms. The lowest BCUT2D eigenvalue weighted by Crippen LogP contribution is -2.47. The second-order valence-electron chi connectivity index (χ2n) is 8.38. The number of imidazole rings is 1. The molecule has 2 fully saturated rings. The van der Waals surface area contributed by atoms with E-state index in [0.717, 1.165) is 16.3 Å². The minimum absolute atomic E-state index is 0.0592. The first-order chi connectivity index (χ1) is 17.8. The highest BCUT2D eigenvalue weighted by Crippen LogP contribution is 2.61. The van der Waals surface area contributed by atoms with Gasteiger partial charge in [0.1, 0.15) is 24.4 Å². The van der Waals surface area contributed by atoms with Crippen LogP contribution in [0.3, 0.4) is 0 Å². The molecule has 0 aliphatic carbocycles. The van der Waals surface area contributed by atoms with Crippen LogP contribution in [0.25, 0.3) is 21.6 Å². The second kappa shape index (κ2) is 9.92.